The van der Waals surface area contributed by atoms with Crippen molar-refractivity contribution >= 4 is 11.6 Å². The Morgan fingerprint density at radius 2 is 2.24 bits per heavy atom. The summed E-state index contributed by atoms with van der Waals surface area (Å²) < 4.78 is 20.6. The Kier molecular flexibility index (Phi) is 5.69. The zero-order valence-electron chi connectivity index (χ0n) is 11.7. The SMILES string of the molecule is COCCn1ncc(Cl)c1C(Cc1ccccc1F)NN. The minimum absolute atomic E-state index is 0.267. The molecule has 1 aromatic carbocycles. The third-order valence-corrected chi connectivity index (χ3v) is 3.54. The molecule has 0 bridgehead atoms. The highest BCUT2D eigenvalue weighted by molar-refractivity contribution is 6.31. The van der Waals surface area contributed by atoms with Crippen molar-refractivity contribution < 1.29 is 9.13 Å². The number of nitrogens with two attached hydrogens (primary N) is 1. The number of rotatable bonds is 7. The average Bonchev–Trinajstić information content (AvgIpc) is 2.85. The Morgan fingerprint density at radius 1 is 1.48 bits per heavy atom. The van der Waals surface area contributed by atoms with Crippen LogP contribution in [0.4, 0.5) is 4.39 Å². The first-order valence-electron chi connectivity index (χ1n) is 6.57. The van der Waals surface area contributed by atoms with E-state index in [4.69, 9.17) is 22.2 Å². The summed E-state index contributed by atoms with van der Waals surface area (Å²) in [4.78, 5) is 0. The molecule has 7 heteroatoms. The van der Waals surface area contributed by atoms with Crippen LogP contribution in [0.2, 0.25) is 5.02 Å². The molecule has 0 saturated heterocycles. The molecule has 0 saturated carbocycles. The van der Waals surface area contributed by atoms with E-state index in [1.807, 2.05) is 0 Å². The van der Waals surface area contributed by atoms with E-state index in [0.717, 1.165) is 5.69 Å². The lowest BCUT2D eigenvalue weighted by Gasteiger charge is -2.19. The fourth-order valence-electron chi connectivity index (χ4n) is 2.19. The van der Waals surface area contributed by atoms with Gasteiger partial charge in [0.15, 0.2) is 0 Å². The van der Waals surface area contributed by atoms with Crippen LogP contribution in [-0.4, -0.2) is 23.5 Å². The lowest BCUT2D eigenvalue weighted by atomic mass is 10.0. The molecule has 21 heavy (non-hydrogen) atoms. The largest absolute Gasteiger partial charge is 0.383 e. The van der Waals surface area contributed by atoms with Crippen LogP contribution in [0, 0.1) is 5.82 Å². The number of nitrogens with one attached hydrogen (secondary N) is 1. The molecular formula is C14H18ClFN4O. The van der Waals surface area contributed by atoms with E-state index >= 15 is 0 Å². The zero-order valence-corrected chi connectivity index (χ0v) is 12.5. The van der Waals surface area contributed by atoms with Crippen LogP contribution in [0.1, 0.15) is 17.3 Å². The third kappa shape index (κ3) is 3.79. The smallest absolute Gasteiger partial charge is 0.126 e. The van der Waals surface area contributed by atoms with Gasteiger partial charge >= 0.3 is 0 Å². The molecular weight excluding hydrogens is 295 g/mol. The van der Waals surface area contributed by atoms with Crippen LogP contribution in [-0.2, 0) is 17.7 Å². The van der Waals surface area contributed by atoms with E-state index in [1.54, 1.807) is 36.2 Å². The van der Waals surface area contributed by atoms with E-state index in [2.05, 4.69) is 10.5 Å². The van der Waals surface area contributed by atoms with Crippen molar-refractivity contribution in [2.24, 2.45) is 5.84 Å². The first-order chi connectivity index (χ1) is 10.2. The van der Waals surface area contributed by atoms with Crippen molar-refractivity contribution in [2.45, 2.75) is 19.0 Å². The van der Waals surface area contributed by atoms with Gasteiger partial charge < -0.3 is 4.74 Å². The quantitative estimate of drug-likeness (QED) is 0.607. The van der Waals surface area contributed by atoms with Crippen LogP contribution >= 0.6 is 11.6 Å². The molecule has 2 rings (SSSR count). The molecule has 1 aromatic heterocycles. The monoisotopic (exact) mass is 312 g/mol. The van der Waals surface area contributed by atoms with Gasteiger partial charge in [0.1, 0.15) is 5.82 Å². The molecule has 0 radical (unpaired) electrons. The fourth-order valence-corrected chi connectivity index (χ4v) is 2.47. The fraction of sp³-hybridized carbons (Fsp3) is 0.357. The molecule has 1 unspecified atom stereocenters. The number of benzene rings is 1. The summed E-state index contributed by atoms with van der Waals surface area (Å²) >= 11 is 6.19. The molecule has 0 aliphatic heterocycles. The van der Waals surface area contributed by atoms with Gasteiger partial charge in [-0.15, -0.1) is 0 Å². The minimum atomic E-state index is -0.339. The summed E-state index contributed by atoms with van der Waals surface area (Å²) in [6.45, 7) is 1.05. The Bertz CT molecular complexity index is 590. The second kappa shape index (κ2) is 7.51. The van der Waals surface area contributed by atoms with Crippen molar-refractivity contribution in [1.82, 2.24) is 15.2 Å². The van der Waals surface area contributed by atoms with Crippen LogP contribution < -0.4 is 11.3 Å². The topological polar surface area (TPSA) is 65.1 Å². The normalized spacial score (nSPS) is 12.6. The Morgan fingerprint density at radius 3 is 2.90 bits per heavy atom. The molecule has 2 aromatic rings. The highest BCUT2D eigenvalue weighted by atomic mass is 35.5. The van der Waals surface area contributed by atoms with Gasteiger partial charge in [-0.2, -0.15) is 5.10 Å². The highest BCUT2D eigenvalue weighted by Crippen LogP contribution is 2.26. The minimum Gasteiger partial charge on any atom is -0.383 e. The van der Waals surface area contributed by atoms with Crippen LogP contribution in [0.25, 0.3) is 0 Å². The van der Waals surface area contributed by atoms with Gasteiger partial charge in [0, 0.05) is 7.11 Å². The maximum absolute atomic E-state index is 13.8. The summed E-state index contributed by atoms with van der Waals surface area (Å²) in [5, 5.41) is 4.69. The maximum Gasteiger partial charge on any atom is 0.126 e. The van der Waals surface area contributed by atoms with Gasteiger partial charge in [-0.25, -0.2) is 4.39 Å². The number of nitrogens with zero attached hydrogens (tertiary/aromatic N) is 2. The van der Waals surface area contributed by atoms with Gasteiger partial charge in [0.2, 0.25) is 0 Å². The Labute approximate surface area is 127 Å². The van der Waals surface area contributed by atoms with E-state index in [-0.39, 0.29) is 11.9 Å². The molecule has 0 spiro atoms. The number of halogens is 2. The zero-order chi connectivity index (χ0) is 15.2. The Balaban J connectivity index is 2.25. The summed E-state index contributed by atoms with van der Waals surface area (Å²) in [7, 11) is 1.61. The van der Waals surface area contributed by atoms with Crippen LogP contribution in [0.3, 0.4) is 0 Å². The maximum atomic E-state index is 13.8. The van der Waals surface area contributed by atoms with Crippen molar-refractivity contribution in [3.05, 3.63) is 52.6 Å². The van der Waals surface area contributed by atoms with Crippen molar-refractivity contribution in [3.8, 4) is 0 Å². The Hall–Kier alpha value is -1.47. The summed E-state index contributed by atoms with van der Waals surface area (Å²) in [5.41, 5.74) is 3.97. The highest BCUT2D eigenvalue weighted by Gasteiger charge is 2.21. The van der Waals surface area contributed by atoms with E-state index in [0.29, 0.717) is 30.2 Å². The van der Waals surface area contributed by atoms with E-state index < -0.39 is 0 Å². The first-order valence-corrected chi connectivity index (χ1v) is 6.94. The molecule has 1 atom stereocenters. The molecule has 0 fully saturated rings. The molecule has 0 aliphatic rings. The summed E-state index contributed by atoms with van der Waals surface area (Å²) in [6.07, 6.45) is 1.93. The van der Waals surface area contributed by atoms with Gasteiger partial charge in [0.05, 0.1) is 36.1 Å². The number of hydrazine groups is 1. The summed E-state index contributed by atoms with van der Waals surface area (Å²) in [6, 6.07) is 6.25. The molecule has 0 aliphatic carbocycles. The predicted molar refractivity (Wildman–Crippen MR) is 79.3 cm³/mol. The lowest BCUT2D eigenvalue weighted by Crippen LogP contribution is -2.32. The first kappa shape index (κ1) is 15.9. The predicted octanol–water partition coefficient (Wildman–Crippen LogP) is 2.07. The lowest BCUT2D eigenvalue weighted by molar-refractivity contribution is 0.181. The number of ether oxygens (including phenoxy) is 1. The average molecular weight is 313 g/mol. The van der Waals surface area contributed by atoms with Crippen molar-refractivity contribution in [2.75, 3.05) is 13.7 Å². The molecule has 5 nitrogen and oxygen atoms in total. The number of hydrogen-bond acceptors (Lipinski definition) is 4. The molecule has 1 heterocycles. The van der Waals surface area contributed by atoms with Crippen molar-refractivity contribution in [1.29, 1.82) is 0 Å². The second-order valence-electron chi connectivity index (χ2n) is 4.61. The van der Waals surface area contributed by atoms with Crippen molar-refractivity contribution in [3.63, 3.8) is 0 Å². The molecule has 3 N–H and O–H groups in total. The van der Waals surface area contributed by atoms with Crippen LogP contribution in [0.5, 0.6) is 0 Å². The second-order valence-corrected chi connectivity index (χ2v) is 5.02. The van der Waals surface area contributed by atoms with Gasteiger partial charge in [-0.05, 0) is 18.1 Å². The van der Waals surface area contributed by atoms with E-state index in [9.17, 15) is 4.39 Å². The molecule has 0 amide bonds. The van der Waals surface area contributed by atoms with Crippen LogP contribution in [0.15, 0.2) is 30.5 Å². The van der Waals surface area contributed by atoms with Gasteiger partial charge in [-0.1, -0.05) is 29.8 Å². The number of aromatic nitrogens is 2. The standard InChI is InChI=1S/C14H18ClFN4O/c1-21-7-6-20-14(11(15)9-18-20)13(19-17)8-10-4-2-3-5-12(10)16/h2-5,9,13,19H,6-8,17H2,1H3. The van der Waals surface area contributed by atoms with Gasteiger partial charge in [0.25, 0.3) is 0 Å². The summed E-state index contributed by atoms with van der Waals surface area (Å²) in [5.74, 6) is 5.36. The number of hydrogen-bond donors (Lipinski definition) is 2. The van der Waals surface area contributed by atoms with Gasteiger partial charge in [-0.3, -0.25) is 16.0 Å². The molecule has 114 valence electrons. The number of methoxy groups -OCH3 is 1. The van der Waals surface area contributed by atoms with E-state index in [1.165, 1.54) is 6.07 Å². The third-order valence-electron chi connectivity index (χ3n) is 3.25.